The number of rotatable bonds is 7. The quantitative estimate of drug-likeness (QED) is 0.712. The molecule has 1 amide bonds. The number of oxazole rings is 1. The zero-order valence-corrected chi connectivity index (χ0v) is 14.1. The molecule has 0 aliphatic heterocycles. The minimum Gasteiger partial charge on any atom is -0.464 e. The fourth-order valence-electron chi connectivity index (χ4n) is 1.97. The molecule has 1 aromatic carbocycles. The summed E-state index contributed by atoms with van der Waals surface area (Å²) in [6.07, 6.45) is 1.20. The molecule has 0 aliphatic rings. The average Bonchev–Trinajstić information content (AvgIpc) is 3.06. The Bertz CT molecular complexity index is 699. The van der Waals surface area contributed by atoms with E-state index in [-0.39, 0.29) is 24.0 Å². The summed E-state index contributed by atoms with van der Waals surface area (Å²) in [6, 6.07) is 6.56. The Balaban J connectivity index is 2.15. The van der Waals surface area contributed by atoms with Gasteiger partial charge in [0.15, 0.2) is 5.69 Å². The van der Waals surface area contributed by atoms with E-state index < -0.39 is 5.97 Å². The normalized spacial score (nSPS) is 10.5. The number of methoxy groups -OCH3 is 2. The molecule has 8 heteroatoms. The molecule has 0 saturated carbocycles. The van der Waals surface area contributed by atoms with Gasteiger partial charge in [0.1, 0.15) is 6.26 Å². The third kappa shape index (κ3) is 4.56. The summed E-state index contributed by atoms with van der Waals surface area (Å²) in [4.78, 5) is 29.6. The first-order chi connectivity index (χ1) is 11.5. The van der Waals surface area contributed by atoms with Crippen molar-refractivity contribution in [3.8, 4) is 0 Å². The van der Waals surface area contributed by atoms with Gasteiger partial charge in [0.25, 0.3) is 5.91 Å². The number of hydrogen-bond acceptors (Lipinski definition) is 6. The van der Waals surface area contributed by atoms with E-state index >= 15 is 0 Å². The molecule has 0 saturated heterocycles. The Morgan fingerprint density at radius 1 is 1.25 bits per heavy atom. The van der Waals surface area contributed by atoms with E-state index in [2.05, 4.69) is 9.72 Å². The van der Waals surface area contributed by atoms with Crippen molar-refractivity contribution in [3.63, 3.8) is 0 Å². The molecule has 0 fully saturated rings. The predicted octanol–water partition coefficient (Wildman–Crippen LogP) is 2.40. The van der Waals surface area contributed by atoms with Crippen LogP contribution in [0.4, 0.5) is 0 Å². The maximum Gasteiger partial charge on any atom is 0.360 e. The molecule has 0 bridgehead atoms. The molecule has 128 valence electrons. The fourth-order valence-corrected chi connectivity index (χ4v) is 2.10. The summed E-state index contributed by atoms with van der Waals surface area (Å²) in [5.74, 6) is -0.590. The molecule has 0 N–H and O–H groups in total. The molecule has 0 spiro atoms. The first-order valence-corrected chi connectivity index (χ1v) is 7.49. The highest BCUT2D eigenvalue weighted by Gasteiger charge is 2.20. The van der Waals surface area contributed by atoms with Crippen molar-refractivity contribution in [1.29, 1.82) is 0 Å². The van der Waals surface area contributed by atoms with Crippen molar-refractivity contribution in [2.24, 2.45) is 0 Å². The Morgan fingerprint density at radius 3 is 2.58 bits per heavy atom. The first-order valence-electron chi connectivity index (χ1n) is 7.11. The van der Waals surface area contributed by atoms with Crippen LogP contribution in [-0.2, 0) is 16.0 Å². The highest BCUT2D eigenvalue weighted by Crippen LogP contribution is 2.14. The van der Waals surface area contributed by atoms with E-state index in [1.54, 1.807) is 31.4 Å². The lowest BCUT2D eigenvalue weighted by Gasteiger charge is -2.20. The SMILES string of the molecule is COCCN(Cc1nc(C(=O)OC)co1)C(=O)c1ccc(Cl)cc1. The van der Waals surface area contributed by atoms with Gasteiger partial charge >= 0.3 is 5.97 Å². The summed E-state index contributed by atoms with van der Waals surface area (Å²) in [6.45, 7) is 0.791. The Hall–Kier alpha value is -2.38. The number of carbonyl (C=O) groups excluding carboxylic acids is 2. The van der Waals surface area contributed by atoms with Gasteiger partial charge in [0.2, 0.25) is 5.89 Å². The van der Waals surface area contributed by atoms with Crippen LogP contribution in [0.5, 0.6) is 0 Å². The van der Waals surface area contributed by atoms with Crippen LogP contribution in [-0.4, -0.2) is 49.1 Å². The second-order valence-corrected chi connectivity index (χ2v) is 5.28. The number of esters is 1. The van der Waals surface area contributed by atoms with Gasteiger partial charge < -0.3 is 18.8 Å². The highest BCUT2D eigenvalue weighted by molar-refractivity contribution is 6.30. The molecule has 24 heavy (non-hydrogen) atoms. The van der Waals surface area contributed by atoms with E-state index in [9.17, 15) is 9.59 Å². The van der Waals surface area contributed by atoms with E-state index in [0.717, 1.165) is 0 Å². The Morgan fingerprint density at radius 2 is 1.96 bits per heavy atom. The van der Waals surface area contributed by atoms with Crippen LogP contribution in [0.25, 0.3) is 0 Å². The largest absolute Gasteiger partial charge is 0.464 e. The van der Waals surface area contributed by atoms with Gasteiger partial charge in [-0.15, -0.1) is 0 Å². The van der Waals surface area contributed by atoms with Crippen molar-refractivity contribution in [1.82, 2.24) is 9.88 Å². The minimum atomic E-state index is -0.600. The van der Waals surface area contributed by atoms with Gasteiger partial charge in [-0.2, -0.15) is 0 Å². The average molecular weight is 353 g/mol. The van der Waals surface area contributed by atoms with E-state index in [0.29, 0.717) is 23.7 Å². The van der Waals surface area contributed by atoms with Crippen LogP contribution >= 0.6 is 11.6 Å². The minimum absolute atomic E-state index is 0.0538. The van der Waals surface area contributed by atoms with Crippen LogP contribution in [0.2, 0.25) is 5.02 Å². The van der Waals surface area contributed by atoms with Crippen LogP contribution < -0.4 is 0 Å². The number of amides is 1. The van der Waals surface area contributed by atoms with Crippen LogP contribution in [0.15, 0.2) is 34.9 Å². The number of benzene rings is 1. The summed E-state index contributed by atoms with van der Waals surface area (Å²) < 4.78 is 14.8. The second kappa shape index (κ2) is 8.47. The Kier molecular flexibility index (Phi) is 6.34. The maximum absolute atomic E-state index is 12.6. The molecule has 0 aliphatic carbocycles. The molecule has 2 rings (SSSR count). The topological polar surface area (TPSA) is 81.9 Å². The molecule has 0 unspecified atom stereocenters. The second-order valence-electron chi connectivity index (χ2n) is 4.84. The smallest absolute Gasteiger partial charge is 0.360 e. The Labute approximate surface area is 144 Å². The van der Waals surface area contributed by atoms with Crippen molar-refractivity contribution in [2.45, 2.75) is 6.54 Å². The number of ether oxygens (including phenoxy) is 2. The van der Waals surface area contributed by atoms with Gasteiger partial charge in [0, 0.05) is 24.2 Å². The molecular formula is C16H17ClN2O5. The van der Waals surface area contributed by atoms with Gasteiger partial charge in [-0.05, 0) is 24.3 Å². The molecular weight excluding hydrogens is 336 g/mol. The first kappa shape index (κ1) is 18.0. The monoisotopic (exact) mass is 352 g/mol. The number of carbonyl (C=O) groups is 2. The lowest BCUT2D eigenvalue weighted by atomic mass is 10.2. The van der Waals surface area contributed by atoms with Gasteiger partial charge in [-0.25, -0.2) is 9.78 Å². The van der Waals surface area contributed by atoms with Crippen molar-refractivity contribution >= 4 is 23.5 Å². The van der Waals surface area contributed by atoms with Gasteiger partial charge in [-0.1, -0.05) is 11.6 Å². The molecule has 7 nitrogen and oxygen atoms in total. The molecule has 1 heterocycles. The summed E-state index contributed by atoms with van der Waals surface area (Å²) in [5, 5.41) is 0.547. The standard InChI is InChI=1S/C16H17ClN2O5/c1-22-8-7-19(15(20)11-3-5-12(17)6-4-11)9-14-18-13(10-24-14)16(21)23-2/h3-6,10H,7-9H2,1-2H3. The van der Waals surface area contributed by atoms with Crippen LogP contribution in [0.3, 0.4) is 0 Å². The number of aromatic nitrogens is 1. The van der Waals surface area contributed by atoms with E-state index in [1.807, 2.05) is 0 Å². The van der Waals surface area contributed by atoms with Crippen molar-refractivity contribution in [2.75, 3.05) is 27.4 Å². The number of hydrogen-bond donors (Lipinski definition) is 0. The number of halogens is 1. The molecule has 2 aromatic rings. The lowest BCUT2D eigenvalue weighted by Crippen LogP contribution is -2.33. The van der Waals surface area contributed by atoms with Gasteiger partial charge in [-0.3, -0.25) is 4.79 Å². The highest BCUT2D eigenvalue weighted by atomic mass is 35.5. The summed E-state index contributed by atoms with van der Waals surface area (Å²) in [7, 11) is 2.80. The maximum atomic E-state index is 12.6. The predicted molar refractivity (Wildman–Crippen MR) is 85.9 cm³/mol. The fraction of sp³-hybridized carbons (Fsp3) is 0.312. The molecule has 1 aromatic heterocycles. The van der Waals surface area contributed by atoms with E-state index in [4.69, 9.17) is 20.8 Å². The van der Waals surface area contributed by atoms with Crippen molar-refractivity contribution < 1.29 is 23.5 Å². The summed E-state index contributed by atoms with van der Waals surface area (Å²) >= 11 is 5.84. The van der Waals surface area contributed by atoms with E-state index in [1.165, 1.54) is 18.3 Å². The zero-order valence-electron chi connectivity index (χ0n) is 13.3. The summed E-state index contributed by atoms with van der Waals surface area (Å²) in [5.41, 5.74) is 0.536. The third-order valence-electron chi connectivity index (χ3n) is 3.22. The molecule has 0 radical (unpaired) electrons. The number of nitrogens with zero attached hydrogens (tertiary/aromatic N) is 2. The van der Waals surface area contributed by atoms with Gasteiger partial charge in [0.05, 0.1) is 20.3 Å². The van der Waals surface area contributed by atoms with Crippen LogP contribution in [0, 0.1) is 0 Å². The zero-order chi connectivity index (χ0) is 17.5. The third-order valence-corrected chi connectivity index (χ3v) is 3.47. The van der Waals surface area contributed by atoms with Crippen LogP contribution in [0.1, 0.15) is 26.7 Å². The van der Waals surface area contributed by atoms with Crippen molar-refractivity contribution in [3.05, 3.63) is 52.7 Å². The molecule has 0 atom stereocenters. The lowest BCUT2D eigenvalue weighted by molar-refractivity contribution is 0.0594.